The Kier molecular flexibility index (Phi) is 3.92. The fourth-order valence-corrected chi connectivity index (χ4v) is 1.94. The SMILES string of the molecule is CCCc1c(C(=O)O)nnn1-c1cc(F)ccc1[N+](=O)[O-]. The van der Waals surface area contributed by atoms with E-state index < -0.39 is 16.7 Å². The van der Waals surface area contributed by atoms with E-state index in [1.165, 1.54) is 0 Å². The molecule has 0 fully saturated rings. The van der Waals surface area contributed by atoms with Crippen molar-refractivity contribution in [2.75, 3.05) is 0 Å². The topological polar surface area (TPSA) is 111 Å². The van der Waals surface area contributed by atoms with Crippen LogP contribution in [0.15, 0.2) is 18.2 Å². The number of rotatable bonds is 5. The highest BCUT2D eigenvalue weighted by molar-refractivity contribution is 5.86. The van der Waals surface area contributed by atoms with Crippen molar-refractivity contribution in [1.29, 1.82) is 0 Å². The average Bonchev–Trinajstić information content (AvgIpc) is 2.82. The Balaban J connectivity index is 2.69. The summed E-state index contributed by atoms with van der Waals surface area (Å²) in [6.45, 7) is 1.81. The molecule has 0 radical (unpaired) electrons. The van der Waals surface area contributed by atoms with Crippen LogP contribution in [0.25, 0.3) is 5.69 Å². The summed E-state index contributed by atoms with van der Waals surface area (Å²) >= 11 is 0. The molecule has 0 atom stereocenters. The molecule has 0 unspecified atom stereocenters. The molecule has 0 saturated carbocycles. The molecule has 0 bridgehead atoms. The van der Waals surface area contributed by atoms with Gasteiger partial charge in [-0.1, -0.05) is 18.6 Å². The lowest BCUT2D eigenvalue weighted by Crippen LogP contribution is -2.09. The van der Waals surface area contributed by atoms with E-state index >= 15 is 0 Å². The Morgan fingerprint density at radius 3 is 2.81 bits per heavy atom. The van der Waals surface area contributed by atoms with Crippen LogP contribution in [-0.4, -0.2) is 31.0 Å². The number of nitro groups is 1. The fourth-order valence-electron chi connectivity index (χ4n) is 1.94. The maximum absolute atomic E-state index is 13.4. The van der Waals surface area contributed by atoms with Crippen molar-refractivity contribution >= 4 is 11.7 Å². The van der Waals surface area contributed by atoms with Gasteiger partial charge in [0, 0.05) is 12.1 Å². The number of carboxylic acid groups (broad SMARTS) is 1. The maximum atomic E-state index is 13.4. The summed E-state index contributed by atoms with van der Waals surface area (Å²) in [5, 5.41) is 27.2. The van der Waals surface area contributed by atoms with Crippen molar-refractivity contribution in [3.05, 3.63) is 45.5 Å². The second kappa shape index (κ2) is 5.65. The van der Waals surface area contributed by atoms with E-state index in [2.05, 4.69) is 10.3 Å². The summed E-state index contributed by atoms with van der Waals surface area (Å²) in [5.74, 6) is -1.98. The third-order valence-electron chi connectivity index (χ3n) is 2.81. The minimum Gasteiger partial charge on any atom is -0.476 e. The lowest BCUT2D eigenvalue weighted by Gasteiger charge is -2.07. The van der Waals surface area contributed by atoms with Gasteiger partial charge in [0.05, 0.1) is 10.6 Å². The largest absolute Gasteiger partial charge is 0.476 e. The van der Waals surface area contributed by atoms with Gasteiger partial charge in [0.1, 0.15) is 11.5 Å². The van der Waals surface area contributed by atoms with Crippen molar-refractivity contribution in [2.45, 2.75) is 19.8 Å². The molecule has 0 amide bonds. The van der Waals surface area contributed by atoms with Gasteiger partial charge >= 0.3 is 5.97 Å². The zero-order valence-electron chi connectivity index (χ0n) is 11.0. The Bertz CT molecular complexity index is 713. The third-order valence-corrected chi connectivity index (χ3v) is 2.81. The minimum atomic E-state index is -1.29. The van der Waals surface area contributed by atoms with Crippen LogP contribution < -0.4 is 0 Å². The molecule has 21 heavy (non-hydrogen) atoms. The minimum absolute atomic E-state index is 0.150. The van der Waals surface area contributed by atoms with Crippen molar-refractivity contribution in [2.24, 2.45) is 0 Å². The summed E-state index contributed by atoms with van der Waals surface area (Å²) < 4.78 is 14.4. The average molecular weight is 294 g/mol. The molecule has 0 saturated heterocycles. The first-order chi connectivity index (χ1) is 9.95. The molecule has 2 aromatic rings. The number of carbonyl (C=O) groups is 1. The lowest BCUT2D eigenvalue weighted by atomic mass is 10.2. The van der Waals surface area contributed by atoms with Gasteiger partial charge in [-0.25, -0.2) is 13.9 Å². The fraction of sp³-hybridized carbons (Fsp3) is 0.250. The van der Waals surface area contributed by atoms with Crippen molar-refractivity contribution < 1.29 is 19.2 Å². The maximum Gasteiger partial charge on any atom is 0.358 e. The number of carboxylic acids is 1. The van der Waals surface area contributed by atoms with E-state index in [4.69, 9.17) is 5.11 Å². The van der Waals surface area contributed by atoms with E-state index in [9.17, 15) is 19.3 Å². The van der Waals surface area contributed by atoms with Gasteiger partial charge in [0.25, 0.3) is 5.69 Å². The van der Waals surface area contributed by atoms with Crippen LogP contribution in [0, 0.1) is 15.9 Å². The molecular weight excluding hydrogens is 283 g/mol. The third kappa shape index (κ3) is 2.71. The summed E-state index contributed by atoms with van der Waals surface area (Å²) in [6, 6.07) is 2.89. The lowest BCUT2D eigenvalue weighted by molar-refractivity contribution is -0.384. The van der Waals surface area contributed by atoms with Crippen LogP contribution in [0.1, 0.15) is 29.5 Å². The van der Waals surface area contributed by atoms with E-state index in [0.717, 1.165) is 22.9 Å². The second-order valence-corrected chi connectivity index (χ2v) is 4.24. The standard InChI is InChI=1S/C12H11FN4O4/c1-2-3-9-11(12(18)19)14-15-16(9)10-6-7(13)4-5-8(10)17(20)21/h4-6H,2-3H2,1H3,(H,18,19). The quantitative estimate of drug-likeness (QED) is 0.666. The van der Waals surface area contributed by atoms with Crippen LogP contribution >= 0.6 is 0 Å². The first-order valence-corrected chi connectivity index (χ1v) is 6.07. The van der Waals surface area contributed by atoms with Crippen LogP contribution in [0.5, 0.6) is 0 Å². The van der Waals surface area contributed by atoms with Gasteiger partial charge in [-0.05, 0) is 12.5 Å². The molecule has 2 rings (SSSR count). The second-order valence-electron chi connectivity index (χ2n) is 4.24. The summed E-state index contributed by atoms with van der Waals surface area (Å²) in [7, 11) is 0. The van der Waals surface area contributed by atoms with Crippen molar-refractivity contribution in [3.63, 3.8) is 0 Å². The van der Waals surface area contributed by atoms with Gasteiger partial charge in [0.2, 0.25) is 0 Å². The Morgan fingerprint density at radius 2 is 2.24 bits per heavy atom. The van der Waals surface area contributed by atoms with Crippen LogP contribution in [0.3, 0.4) is 0 Å². The van der Waals surface area contributed by atoms with Gasteiger partial charge < -0.3 is 5.11 Å². The molecule has 1 N–H and O–H groups in total. The molecule has 0 aliphatic heterocycles. The predicted octanol–water partition coefficient (Wildman–Crippen LogP) is 1.97. The predicted molar refractivity (Wildman–Crippen MR) is 68.9 cm³/mol. The summed E-state index contributed by atoms with van der Waals surface area (Å²) in [6.07, 6.45) is 0.874. The van der Waals surface area contributed by atoms with Crippen molar-refractivity contribution in [3.8, 4) is 5.69 Å². The highest BCUT2D eigenvalue weighted by Crippen LogP contribution is 2.25. The van der Waals surface area contributed by atoms with E-state index in [1.807, 2.05) is 6.92 Å². The zero-order valence-corrected chi connectivity index (χ0v) is 11.0. The number of halogens is 1. The van der Waals surface area contributed by atoms with Crippen LogP contribution in [0.4, 0.5) is 10.1 Å². The van der Waals surface area contributed by atoms with E-state index in [-0.39, 0.29) is 22.8 Å². The number of benzene rings is 1. The van der Waals surface area contributed by atoms with E-state index in [1.54, 1.807) is 0 Å². The monoisotopic (exact) mass is 294 g/mol. The first kappa shape index (κ1) is 14.6. The van der Waals surface area contributed by atoms with Crippen LogP contribution in [0.2, 0.25) is 0 Å². The molecule has 9 heteroatoms. The number of aromatic nitrogens is 3. The number of hydrogen-bond donors (Lipinski definition) is 1. The number of hydrogen-bond acceptors (Lipinski definition) is 5. The molecule has 1 aromatic heterocycles. The Morgan fingerprint density at radius 1 is 1.52 bits per heavy atom. The molecular formula is C12H11FN4O4. The van der Waals surface area contributed by atoms with Gasteiger partial charge in [0.15, 0.2) is 5.69 Å². The number of nitro benzene ring substituents is 1. The van der Waals surface area contributed by atoms with Gasteiger partial charge in [-0.3, -0.25) is 10.1 Å². The Hall–Kier alpha value is -2.84. The highest BCUT2D eigenvalue weighted by Gasteiger charge is 2.24. The first-order valence-electron chi connectivity index (χ1n) is 6.07. The van der Waals surface area contributed by atoms with E-state index in [0.29, 0.717) is 12.8 Å². The van der Waals surface area contributed by atoms with Crippen LogP contribution in [-0.2, 0) is 6.42 Å². The summed E-state index contributed by atoms with van der Waals surface area (Å²) in [4.78, 5) is 21.4. The molecule has 0 aliphatic carbocycles. The smallest absolute Gasteiger partial charge is 0.358 e. The van der Waals surface area contributed by atoms with Gasteiger partial charge in [-0.2, -0.15) is 0 Å². The highest BCUT2D eigenvalue weighted by atomic mass is 19.1. The summed E-state index contributed by atoms with van der Waals surface area (Å²) in [5.41, 5.74) is -0.631. The molecule has 0 aliphatic rings. The number of nitrogens with zero attached hydrogens (tertiary/aromatic N) is 4. The Labute approximate surface area is 118 Å². The molecule has 110 valence electrons. The molecule has 1 aromatic carbocycles. The molecule has 8 nitrogen and oxygen atoms in total. The number of aromatic carboxylic acids is 1. The zero-order chi connectivity index (χ0) is 15.6. The molecule has 1 heterocycles. The normalized spacial score (nSPS) is 10.6. The van der Waals surface area contributed by atoms with Crippen molar-refractivity contribution in [1.82, 2.24) is 15.0 Å². The molecule has 0 spiro atoms. The van der Waals surface area contributed by atoms with Gasteiger partial charge in [-0.15, -0.1) is 5.10 Å².